The molecule has 1 aliphatic heterocycles. The van der Waals surface area contributed by atoms with Gasteiger partial charge in [-0.25, -0.2) is 4.98 Å². The lowest BCUT2D eigenvalue weighted by atomic mass is 10.0. The normalized spacial score (nSPS) is 17.0. The molecule has 150 valence electrons. The molecule has 1 fully saturated rings. The number of pyridine rings is 1. The number of nitrogens with zero attached hydrogens (tertiary/aromatic N) is 3. The van der Waals surface area contributed by atoms with Gasteiger partial charge in [-0.05, 0) is 52.8 Å². The number of likely N-dealkylation sites (N-methyl/N-ethyl adjacent to an activating group) is 1. The van der Waals surface area contributed by atoms with Gasteiger partial charge in [0.2, 0.25) is 0 Å². The molecular weight excluding hydrogens is 380 g/mol. The summed E-state index contributed by atoms with van der Waals surface area (Å²) in [4.78, 5) is 19.9. The predicted octanol–water partition coefficient (Wildman–Crippen LogP) is 3.65. The first-order valence-corrected chi connectivity index (χ1v) is 9.29. The topological polar surface area (TPSA) is 84.4 Å². The van der Waals surface area contributed by atoms with E-state index in [2.05, 4.69) is 15.5 Å². The number of hydrogen-bond donors (Lipinski definition) is 1. The molecule has 1 atom stereocenters. The Morgan fingerprint density at radius 3 is 2.75 bits per heavy atom. The van der Waals surface area contributed by atoms with Crippen LogP contribution in [0, 0.1) is 20.8 Å². The lowest BCUT2D eigenvalue weighted by molar-refractivity contribution is 0.0700. The number of rotatable bonds is 3. The van der Waals surface area contributed by atoms with Crippen LogP contribution in [-0.2, 0) is 0 Å². The fourth-order valence-corrected chi connectivity index (χ4v) is 3.85. The molecule has 0 saturated carbocycles. The van der Waals surface area contributed by atoms with Crippen molar-refractivity contribution in [3.63, 3.8) is 0 Å². The molecule has 4 rings (SSSR count). The number of piperidine rings is 1. The molecule has 7 nitrogen and oxygen atoms in total. The van der Waals surface area contributed by atoms with E-state index >= 15 is 0 Å². The van der Waals surface area contributed by atoms with E-state index in [1.807, 2.05) is 44.9 Å². The Balaban J connectivity index is 0.00000225. The molecule has 3 aromatic heterocycles. The third-order valence-electron chi connectivity index (χ3n) is 5.28. The summed E-state index contributed by atoms with van der Waals surface area (Å²) in [5, 5.41) is 8.00. The Morgan fingerprint density at radius 1 is 1.29 bits per heavy atom. The van der Waals surface area contributed by atoms with E-state index in [9.17, 15) is 4.79 Å². The van der Waals surface area contributed by atoms with Crippen molar-refractivity contribution in [3.05, 3.63) is 34.9 Å². The number of furan rings is 1. The van der Waals surface area contributed by atoms with E-state index in [0.717, 1.165) is 36.5 Å². The highest BCUT2D eigenvalue weighted by molar-refractivity contribution is 6.07. The Bertz CT molecular complexity index is 1010. The second-order valence-corrected chi connectivity index (χ2v) is 7.21. The number of halogens is 1. The van der Waals surface area contributed by atoms with Gasteiger partial charge in [0, 0.05) is 24.7 Å². The minimum atomic E-state index is -0.00669. The smallest absolute Gasteiger partial charge is 0.259 e. The number of hydrogen-bond acceptors (Lipinski definition) is 6. The van der Waals surface area contributed by atoms with E-state index in [4.69, 9.17) is 8.94 Å². The third kappa shape index (κ3) is 3.52. The zero-order valence-electron chi connectivity index (χ0n) is 16.5. The summed E-state index contributed by atoms with van der Waals surface area (Å²) >= 11 is 0. The number of nitrogens with one attached hydrogen (secondary N) is 1. The van der Waals surface area contributed by atoms with Crippen molar-refractivity contribution in [2.75, 3.05) is 20.1 Å². The second kappa shape index (κ2) is 7.93. The van der Waals surface area contributed by atoms with Crippen LogP contribution in [0.3, 0.4) is 0 Å². The van der Waals surface area contributed by atoms with Gasteiger partial charge >= 0.3 is 0 Å². The third-order valence-corrected chi connectivity index (χ3v) is 5.28. The minimum Gasteiger partial charge on any atom is -0.466 e. The number of likely N-dealkylation sites (tertiary alicyclic amines) is 1. The zero-order valence-corrected chi connectivity index (χ0v) is 17.4. The monoisotopic (exact) mass is 404 g/mol. The first-order valence-electron chi connectivity index (χ1n) is 9.29. The Kier molecular flexibility index (Phi) is 5.76. The average molecular weight is 405 g/mol. The van der Waals surface area contributed by atoms with Crippen LogP contribution in [0.1, 0.15) is 40.4 Å². The van der Waals surface area contributed by atoms with Crippen LogP contribution < -0.4 is 5.32 Å². The van der Waals surface area contributed by atoms with Gasteiger partial charge < -0.3 is 19.2 Å². The maximum absolute atomic E-state index is 13.4. The Labute approximate surface area is 169 Å². The van der Waals surface area contributed by atoms with E-state index in [1.54, 1.807) is 0 Å². The summed E-state index contributed by atoms with van der Waals surface area (Å²) < 4.78 is 11.0. The number of aryl methyl sites for hydroxylation is 3. The van der Waals surface area contributed by atoms with Gasteiger partial charge in [-0.3, -0.25) is 4.79 Å². The van der Waals surface area contributed by atoms with Gasteiger partial charge in [-0.15, -0.1) is 12.4 Å². The SMILES string of the molecule is CNC1CCCN(C(=O)c2cc(-c3cc(C)oc3C)nc3onc(C)c23)C1.Cl. The van der Waals surface area contributed by atoms with E-state index < -0.39 is 0 Å². The molecule has 1 aliphatic rings. The lowest BCUT2D eigenvalue weighted by Gasteiger charge is -2.32. The van der Waals surface area contributed by atoms with Gasteiger partial charge in [0.15, 0.2) is 0 Å². The molecule has 1 amide bonds. The molecule has 4 heterocycles. The highest BCUT2D eigenvalue weighted by atomic mass is 35.5. The molecule has 0 radical (unpaired) electrons. The second-order valence-electron chi connectivity index (χ2n) is 7.21. The molecule has 0 aliphatic carbocycles. The summed E-state index contributed by atoms with van der Waals surface area (Å²) in [6.07, 6.45) is 2.07. The fraction of sp³-hybridized carbons (Fsp3) is 0.450. The van der Waals surface area contributed by atoms with Crippen LogP contribution in [-0.4, -0.2) is 47.1 Å². The van der Waals surface area contributed by atoms with Gasteiger partial charge in [-0.1, -0.05) is 5.16 Å². The van der Waals surface area contributed by atoms with Gasteiger partial charge in [-0.2, -0.15) is 0 Å². The molecule has 1 unspecified atom stereocenters. The average Bonchev–Trinajstić information content (AvgIpc) is 3.22. The van der Waals surface area contributed by atoms with Crippen LogP contribution in [0.4, 0.5) is 0 Å². The van der Waals surface area contributed by atoms with Crippen molar-refractivity contribution in [3.8, 4) is 11.3 Å². The fourth-order valence-electron chi connectivity index (χ4n) is 3.85. The summed E-state index contributed by atoms with van der Waals surface area (Å²) in [6.45, 7) is 7.08. The number of aromatic nitrogens is 2. The first-order chi connectivity index (χ1) is 13.0. The molecule has 1 N–H and O–H groups in total. The lowest BCUT2D eigenvalue weighted by Crippen LogP contribution is -2.47. The predicted molar refractivity (Wildman–Crippen MR) is 109 cm³/mol. The summed E-state index contributed by atoms with van der Waals surface area (Å²) in [6, 6.07) is 4.09. The maximum atomic E-state index is 13.4. The standard InChI is InChI=1S/C20H24N4O3.ClH/c1-11-8-15(13(3)26-11)17-9-16(18-12(2)23-27-19(18)22-17)20(25)24-7-5-6-14(10-24)21-4;/h8-9,14,21H,5-7,10H2,1-4H3;1H. The van der Waals surface area contributed by atoms with Crippen molar-refractivity contribution in [2.45, 2.75) is 39.7 Å². The van der Waals surface area contributed by atoms with Crippen molar-refractivity contribution < 1.29 is 13.7 Å². The van der Waals surface area contributed by atoms with Gasteiger partial charge in [0.1, 0.15) is 11.5 Å². The number of carbonyl (C=O) groups is 1. The molecule has 0 bridgehead atoms. The Morgan fingerprint density at radius 2 is 2.07 bits per heavy atom. The highest BCUT2D eigenvalue weighted by Gasteiger charge is 2.27. The summed E-state index contributed by atoms with van der Waals surface area (Å²) in [5.74, 6) is 1.56. The van der Waals surface area contributed by atoms with Gasteiger partial charge in [0.25, 0.3) is 11.6 Å². The maximum Gasteiger partial charge on any atom is 0.259 e. The summed E-state index contributed by atoms with van der Waals surface area (Å²) in [5.41, 5.74) is 3.18. The number of carbonyl (C=O) groups excluding carboxylic acids is 1. The van der Waals surface area contributed by atoms with Crippen molar-refractivity contribution in [1.29, 1.82) is 0 Å². The quantitative estimate of drug-likeness (QED) is 0.717. The van der Waals surface area contributed by atoms with Crippen LogP contribution in [0.5, 0.6) is 0 Å². The van der Waals surface area contributed by atoms with Crippen LogP contribution in [0.2, 0.25) is 0 Å². The van der Waals surface area contributed by atoms with E-state index in [1.165, 1.54) is 0 Å². The van der Waals surface area contributed by atoms with Gasteiger partial charge in [0.05, 0.1) is 22.3 Å². The molecule has 1 saturated heterocycles. The molecule has 3 aromatic rings. The van der Waals surface area contributed by atoms with Crippen LogP contribution in [0.25, 0.3) is 22.4 Å². The molecule has 8 heteroatoms. The van der Waals surface area contributed by atoms with Crippen LogP contribution in [0.15, 0.2) is 21.1 Å². The zero-order chi connectivity index (χ0) is 19.1. The molecule has 0 aromatic carbocycles. The Hall–Kier alpha value is -2.38. The minimum absolute atomic E-state index is 0. The number of fused-ring (bicyclic) bond motifs is 1. The number of amides is 1. The molecule has 28 heavy (non-hydrogen) atoms. The van der Waals surface area contributed by atoms with Crippen LogP contribution >= 0.6 is 12.4 Å². The van der Waals surface area contributed by atoms with Crippen molar-refractivity contribution >= 4 is 29.4 Å². The largest absolute Gasteiger partial charge is 0.466 e. The molecular formula is C20H25ClN4O3. The first kappa shape index (κ1) is 20.4. The van der Waals surface area contributed by atoms with Crippen molar-refractivity contribution in [2.24, 2.45) is 0 Å². The summed E-state index contributed by atoms with van der Waals surface area (Å²) in [7, 11) is 1.94. The van der Waals surface area contributed by atoms with E-state index in [-0.39, 0.29) is 18.3 Å². The van der Waals surface area contributed by atoms with Crippen molar-refractivity contribution in [1.82, 2.24) is 20.4 Å². The molecule has 0 spiro atoms. The van der Waals surface area contributed by atoms with E-state index in [0.29, 0.717) is 40.6 Å². The highest BCUT2D eigenvalue weighted by Crippen LogP contribution is 2.31.